The Morgan fingerprint density at radius 2 is 1.42 bits per heavy atom. The second-order valence-electron chi connectivity index (χ2n) is 9.36. The molecule has 0 fully saturated rings. The first kappa shape index (κ1) is 33.6. The van der Waals surface area contributed by atoms with E-state index in [1.54, 1.807) is 0 Å². The maximum absolute atomic E-state index is 13.8. The number of rotatable bonds is 18. The number of hydrogen-bond donors (Lipinski definition) is 4. The Hall–Kier alpha value is -3.93. The Bertz CT molecular complexity index is 1190. The third-order valence-corrected chi connectivity index (χ3v) is 6.57. The third-order valence-electron chi connectivity index (χ3n) is 6.57. The molecule has 4 N–H and O–H groups in total. The molecule has 0 aliphatic rings. The van der Waals surface area contributed by atoms with Crippen LogP contribution in [0.15, 0.2) is 66.7 Å². The minimum Gasteiger partial charge on any atom is -0.481 e. The zero-order chi connectivity index (χ0) is 31.2. The summed E-state index contributed by atoms with van der Waals surface area (Å²) in [6, 6.07) is 20.0. The van der Waals surface area contributed by atoms with Gasteiger partial charge in [-0.1, -0.05) is 60.7 Å². The van der Waals surface area contributed by atoms with Crippen molar-refractivity contribution in [3.05, 3.63) is 77.9 Å². The number of hydrogen-bond acceptors (Lipinski definition) is 15. The zero-order valence-electron chi connectivity index (χ0n) is 24.0. The highest BCUT2D eigenvalue weighted by Gasteiger charge is 2.46. The first-order chi connectivity index (χ1) is 20.7. The Morgan fingerprint density at radius 3 is 1.91 bits per heavy atom. The molecular weight excluding hydrogens is 568 g/mol. The second-order valence-corrected chi connectivity index (χ2v) is 9.36. The van der Waals surface area contributed by atoms with Crippen molar-refractivity contribution in [1.82, 2.24) is 20.7 Å². The molecule has 3 aromatic rings. The maximum Gasteiger partial charge on any atom is 0.348 e. The molecule has 0 aliphatic heterocycles. The number of aromatic nitrogens is 2. The predicted octanol–water partition coefficient (Wildman–Crippen LogP) is 3.35. The molecule has 234 valence electrons. The lowest BCUT2D eigenvalue weighted by Gasteiger charge is -2.36. The van der Waals surface area contributed by atoms with Crippen LogP contribution in [0.4, 0.5) is 0 Å². The summed E-state index contributed by atoms with van der Waals surface area (Å²) in [5, 5.41) is 34.3. The van der Waals surface area contributed by atoms with Gasteiger partial charge in [-0.2, -0.15) is 9.97 Å². The molecular formula is C28H36N4O11. The van der Waals surface area contributed by atoms with Gasteiger partial charge in [0.1, 0.15) is 12.7 Å². The molecule has 1 unspecified atom stereocenters. The molecule has 0 radical (unpaired) electrons. The molecule has 0 saturated heterocycles. The van der Waals surface area contributed by atoms with Crippen molar-refractivity contribution in [3.63, 3.8) is 0 Å². The van der Waals surface area contributed by atoms with Crippen molar-refractivity contribution in [2.75, 3.05) is 27.4 Å². The maximum atomic E-state index is 13.8. The zero-order valence-corrected chi connectivity index (χ0v) is 24.0. The summed E-state index contributed by atoms with van der Waals surface area (Å²) >= 11 is 0. The fourth-order valence-corrected chi connectivity index (χ4v) is 4.36. The summed E-state index contributed by atoms with van der Waals surface area (Å²) in [7, 11) is 2.86. The topological polar surface area (TPSA) is 186 Å². The summed E-state index contributed by atoms with van der Waals surface area (Å²) in [6.07, 6.45) is -1.32. The van der Waals surface area contributed by atoms with Gasteiger partial charge < -0.3 is 18.9 Å². The van der Waals surface area contributed by atoms with E-state index in [9.17, 15) is 4.79 Å². The van der Waals surface area contributed by atoms with Crippen molar-refractivity contribution < 1.29 is 54.2 Å². The molecule has 0 saturated carbocycles. The third kappa shape index (κ3) is 9.81. The minimum absolute atomic E-state index is 0.0255. The normalized spacial score (nSPS) is 13.0. The summed E-state index contributed by atoms with van der Waals surface area (Å²) in [5.41, 5.74) is 0.483. The van der Waals surface area contributed by atoms with Crippen LogP contribution in [0, 0.1) is 0 Å². The number of carbonyl (C=O) groups is 1. The van der Waals surface area contributed by atoms with Crippen molar-refractivity contribution in [2.45, 2.75) is 43.8 Å². The van der Waals surface area contributed by atoms with Gasteiger partial charge in [0.2, 0.25) is 17.9 Å². The highest BCUT2D eigenvalue weighted by molar-refractivity contribution is 5.79. The molecule has 0 amide bonds. The molecule has 43 heavy (non-hydrogen) atoms. The highest BCUT2D eigenvalue weighted by Crippen LogP contribution is 2.38. The largest absolute Gasteiger partial charge is 0.481 e. The van der Waals surface area contributed by atoms with Crippen LogP contribution in [-0.2, 0) is 24.6 Å². The second kappa shape index (κ2) is 16.6. The van der Waals surface area contributed by atoms with Gasteiger partial charge in [-0.15, -0.1) is 0 Å². The van der Waals surface area contributed by atoms with Crippen LogP contribution in [0.3, 0.4) is 0 Å². The number of carbonyl (C=O) groups excluding carboxylic acids is 1. The van der Waals surface area contributed by atoms with Crippen molar-refractivity contribution in [1.29, 1.82) is 0 Å². The van der Waals surface area contributed by atoms with E-state index in [1.165, 1.54) is 20.3 Å². The molecule has 1 heterocycles. The van der Waals surface area contributed by atoms with Crippen LogP contribution in [0.25, 0.3) is 0 Å². The van der Waals surface area contributed by atoms with Crippen LogP contribution in [-0.4, -0.2) is 87.2 Å². The lowest BCUT2D eigenvalue weighted by Crippen LogP contribution is -2.48. The molecule has 2 aromatic carbocycles. The van der Waals surface area contributed by atoms with Crippen LogP contribution in [0.1, 0.15) is 37.3 Å². The fraction of sp³-hybridized carbons (Fsp3) is 0.393. The van der Waals surface area contributed by atoms with E-state index in [-0.39, 0.29) is 30.8 Å². The predicted molar refractivity (Wildman–Crippen MR) is 145 cm³/mol. The van der Waals surface area contributed by atoms with Gasteiger partial charge in [0, 0.05) is 0 Å². The monoisotopic (exact) mass is 604 g/mol. The summed E-state index contributed by atoms with van der Waals surface area (Å²) in [5.74, 6) is -0.346. The summed E-state index contributed by atoms with van der Waals surface area (Å²) in [4.78, 5) is 31.5. The minimum atomic E-state index is -1.27. The number of nitrogens with zero attached hydrogens (tertiary/aromatic N) is 4. The van der Waals surface area contributed by atoms with Crippen LogP contribution >= 0.6 is 0 Å². The average Bonchev–Trinajstić information content (AvgIpc) is 3.02. The van der Waals surface area contributed by atoms with E-state index in [0.29, 0.717) is 12.8 Å². The fourth-order valence-electron chi connectivity index (χ4n) is 4.36. The average molecular weight is 605 g/mol. The van der Waals surface area contributed by atoms with Crippen molar-refractivity contribution in [2.24, 2.45) is 0 Å². The smallest absolute Gasteiger partial charge is 0.348 e. The molecule has 0 spiro atoms. The number of ether oxygens (including phenoxy) is 4. The van der Waals surface area contributed by atoms with Gasteiger partial charge >= 0.3 is 12.0 Å². The quantitative estimate of drug-likeness (QED) is 0.0940. The van der Waals surface area contributed by atoms with E-state index in [2.05, 4.69) is 14.8 Å². The Labute approximate surface area is 248 Å². The lowest BCUT2D eigenvalue weighted by molar-refractivity contribution is -0.527. The number of unbranched alkanes of at least 4 members (excludes halogenated alkanes) is 1. The van der Waals surface area contributed by atoms with E-state index < -0.39 is 41.0 Å². The van der Waals surface area contributed by atoms with Gasteiger partial charge in [-0.25, -0.2) is 14.5 Å². The first-order valence-electron chi connectivity index (χ1n) is 13.2. The van der Waals surface area contributed by atoms with Crippen LogP contribution < -0.4 is 14.2 Å². The van der Waals surface area contributed by atoms with Gasteiger partial charge in [0.15, 0.2) is 0 Å². The molecule has 15 heteroatoms. The Morgan fingerprint density at radius 1 is 0.860 bits per heavy atom. The van der Waals surface area contributed by atoms with E-state index in [1.807, 2.05) is 67.6 Å². The van der Waals surface area contributed by atoms with Crippen LogP contribution in [0.2, 0.25) is 0 Å². The Kier molecular flexibility index (Phi) is 13.0. The summed E-state index contributed by atoms with van der Waals surface area (Å²) < 4.78 is 22.4. The molecule has 0 bridgehead atoms. The molecule has 0 aliphatic carbocycles. The lowest BCUT2D eigenvalue weighted by atomic mass is 9.71. The van der Waals surface area contributed by atoms with E-state index >= 15 is 0 Å². The first-order valence-corrected chi connectivity index (χ1v) is 13.2. The highest BCUT2D eigenvalue weighted by atomic mass is 17.1. The number of esters is 1. The van der Waals surface area contributed by atoms with E-state index in [4.69, 9.17) is 44.6 Å². The Balaban J connectivity index is 1.85. The van der Waals surface area contributed by atoms with Gasteiger partial charge in [0.25, 0.3) is 0 Å². The molecule has 1 aromatic heterocycles. The van der Waals surface area contributed by atoms with Gasteiger partial charge in [-0.3, -0.25) is 20.8 Å². The van der Waals surface area contributed by atoms with Crippen molar-refractivity contribution in [3.8, 4) is 17.8 Å². The standard InChI is InChI=1S/C28H36N4O11/c1-28(20-12-6-4-7-13-20,21-14-8-5-9-15-21)25(42-27-29-23(38-2)18-24(30-27)39-3)26(33)40-17-11-10-16-22(43-32(36)37)19-41-31(34)35/h4-9,12-15,18,22,25,34-37H,10-11,16-17,19H2,1-3H3/t22?,25-/m1/s1. The van der Waals surface area contributed by atoms with E-state index in [0.717, 1.165) is 11.1 Å². The molecule has 3 rings (SSSR count). The van der Waals surface area contributed by atoms with Gasteiger partial charge in [-0.05, 0) is 37.3 Å². The van der Waals surface area contributed by atoms with Crippen LogP contribution in [0.5, 0.6) is 17.8 Å². The number of methoxy groups -OCH3 is 2. The van der Waals surface area contributed by atoms with Crippen molar-refractivity contribution >= 4 is 5.97 Å². The summed E-state index contributed by atoms with van der Waals surface area (Å²) in [6.45, 7) is 1.43. The van der Waals surface area contributed by atoms with Gasteiger partial charge in [0.05, 0.1) is 43.1 Å². The molecule has 15 nitrogen and oxygen atoms in total. The number of benzene rings is 2. The SMILES string of the molecule is COc1cc(OC)nc(O[C@H](C(=O)OCCCCC(CON(O)O)ON(O)O)C(C)(c2ccccc2)c2ccccc2)n1. The molecule has 2 atom stereocenters.